The van der Waals surface area contributed by atoms with E-state index in [0.717, 1.165) is 36.0 Å². The van der Waals surface area contributed by atoms with E-state index in [2.05, 4.69) is 0 Å². The van der Waals surface area contributed by atoms with Gasteiger partial charge in [-0.3, -0.25) is 0 Å². The highest BCUT2D eigenvalue weighted by atomic mass is 35.5. The number of thiophene rings is 1. The van der Waals surface area contributed by atoms with Gasteiger partial charge in [0.2, 0.25) is 0 Å². The molecule has 1 fully saturated rings. The number of ether oxygens (including phenoxy) is 1. The smallest absolute Gasteiger partial charge is 0.0723 e. The minimum atomic E-state index is 0.0615. The summed E-state index contributed by atoms with van der Waals surface area (Å²) in [6, 6.07) is 1.91. The van der Waals surface area contributed by atoms with Crippen molar-refractivity contribution in [1.82, 2.24) is 0 Å². The summed E-state index contributed by atoms with van der Waals surface area (Å²) < 4.78 is 5.31. The Bertz CT molecular complexity index is 294. The number of hydrogen-bond acceptors (Lipinski definition) is 2. The van der Waals surface area contributed by atoms with Gasteiger partial charge in [0.25, 0.3) is 0 Å². The number of hydrogen-bond donors (Lipinski definition) is 0. The third-order valence-electron chi connectivity index (χ3n) is 2.58. The molecule has 0 aromatic carbocycles. The molecule has 1 aliphatic heterocycles. The van der Waals surface area contributed by atoms with Crippen molar-refractivity contribution in [1.29, 1.82) is 0 Å². The van der Waals surface area contributed by atoms with Crippen molar-refractivity contribution < 1.29 is 4.74 Å². The van der Waals surface area contributed by atoms with Crippen molar-refractivity contribution >= 4 is 34.5 Å². The second-order valence-electron chi connectivity index (χ2n) is 3.48. The molecule has 0 radical (unpaired) electrons. The summed E-state index contributed by atoms with van der Waals surface area (Å²) in [7, 11) is 0. The molecule has 14 heavy (non-hydrogen) atoms. The average Bonchev–Trinajstić information content (AvgIpc) is 2.65. The average molecular weight is 251 g/mol. The van der Waals surface area contributed by atoms with E-state index in [1.807, 2.05) is 11.4 Å². The van der Waals surface area contributed by atoms with Gasteiger partial charge in [-0.15, -0.1) is 22.9 Å². The molecule has 0 saturated carbocycles. The third-order valence-corrected chi connectivity index (χ3v) is 4.72. The van der Waals surface area contributed by atoms with Crippen LogP contribution in [0.1, 0.15) is 23.1 Å². The van der Waals surface area contributed by atoms with Gasteiger partial charge in [-0.25, -0.2) is 0 Å². The SMILES string of the molecule is Clc1ccsc1C(Cl)C1CCOCC1. The predicted molar refractivity (Wildman–Crippen MR) is 61.5 cm³/mol. The molecule has 78 valence electrons. The summed E-state index contributed by atoms with van der Waals surface area (Å²) >= 11 is 14.1. The Labute approximate surface area is 98.0 Å². The van der Waals surface area contributed by atoms with Gasteiger partial charge in [0.15, 0.2) is 0 Å². The van der Waals surface area contributed by atoms with Gasteiger partial charge in [0.05, 0.1) is 10.4 Å². The zero-order chi connectivity index (χ0) is 9.97. The standard InChI is InChI=1S/C10H12Cl2OS/c11-8-3-6-14-10(8)9(12)7-1-4-13-5-2-7/h3,6-7,9H,1-2,4-5H2. The molecule has 4 heteroatoms. The topological polar surface area (TPSA) is 9.23 Å². The first-order valence-corrected chi connectivity index (χ1v) is 6.43. The molecular formula is C10H12Cl2OS. The van der Waals surface area contributed by atoms with E-state index in [9.17, 15) is 0 Å². The van der Waals surface area contributed by atoms with Crippen molar-refractivity contribution in [3.05, 3.63) is 21.3 Å². The van der Waals surface area contributed by atoms with Crippen LogP contribution in [0.2, 0.25) is 5.02 Å². The summed E-state index contributed by atoms with van der Waals surface area (Å²) in [5.41, 5.74) is 0. The summed E-state index contributed by atoms with van der Waals surface area (Å²) in [5, 5.41) is 2.86. The summed E-state index contributed by atoms with van der Waals surface area (Å²) in [5.74, 6) is 0.515. The molecule has 1 unspecified atom stereocenters. The van der Waals surface area contributed by atoms with Gasteiger partial charge in [0.1, 0.15) is 0 Å². The first-order chi connectivity index (χ1) is 6.79. The first kappa shape index (κ1) is 10.7. The molecule has 1 saturated heterocycles. The Kier molecular flexibility index (Phi) is 3.72. The highest BCUT2D eigenvalue weighted by molar-refractivity contribution is 7.11. The monoisotopic (exact) mass is 250 g/mol. The van der Waals surface area contributed by atoms with Crippen molar-refractivity contribution in [2.24, 2.45) is 5.92 Å². The van der Waals surface area contributed by atoms with Crippen molar-refractivity contribution in [3.63, 3.8) is 0 Å². The van der Waals surface area contributed by atoms with Crippen molar-refractivity contribution in [2.45, 2.75) is 18.2 Å². The molecule has 1 aromatic heterocycles. The summed E-state index contributed by atoms with van der Waals surface area (Å²) in [6.07, 6.45) is 2.09. The fraction of sp³-hybridized carbons (Fsp3) is 0.600. The highest BCUT2D eigenvalue weighted by Crippen LogP contribution is 2.41. The lowest BCUT2D eigenvalue weighted by Gasteiger charge is -2.25. The van der Waals surface area contributed by atoms with Crippen LogP contribution < -0.4 is 0 Å². The zero-order valence-corrected chi connectivity index (χ0v) is 10.0. The molecule has 0 bridgehead atoms. The molecular weight excluding hydrogens is 239 g/mol. The van der Waals surface area contributed by atoms with Gasteiger partial charge in [0, 0.05) is 18.1 Å². The molecule has 0 N–H and O–H groups in total. The van der Waals surface area contributed by atoms with Crippen molar-refractivity contribution in [2.75, 3.05) is 13.2 Å². The molecule has 0 amide bonds. The van der Waals surface area contributed by atoms with Crippen molar-refractivity contribution in [3.8, 4) is 0 Å². The molecule has 1 aliphatic rings. The minimum absolute atomic E-state index is 0.0615. The summed E-state index contributed by atoms with van der Waals surface area (Å²) in [4.78, 5) is 1.11. The third kappa shape index (κ3) is 2.25. The van der Waals surface area contributed by atoms with Crippen LogP contribution in [0.15, 0.2) is 11.4 Å². The Hall–Kier alpha value is 0.240. The Balaban J connectivity index is 2.07. The maximum absolute atomic E-state index is 6.40. The quantitative estimate of drug-likeness (QED) is 0.719. The van der Waals surface area contributed by atoms with E-state index in [-0.39, 0.29) is 5.38 Å². The van der Waals surface area contributed by atoms with Crippen LogP contribution in [-0.2, 0) is 4.74 Å². The van der Waals surface area contributed by atoms with E-state index in [1.54, 1.807) is 11.3 Å². The second-order valence-corrected chi connectivity index (χ2v) is 5.31. The predicted octanol–water partition coefficient (Wildman–Crippen LogP) is 4.11. The number of halogens is 2. The lowest BCUT2D eigenvalue weighted by molar-refractivity contribution is 0.0653. The van der Waals surface area contributed by atoms with E-state index >= 15 is 0 Å². The first-order valence-electron chi connectivity index (χ1n) is 4.73. The molecule has 2 rings (SSSR count). The fourth-order valence-corrected chi connectivity index (χ4v) is 3.55. The van der Waals surface area contributed by atoms with Gasteiger partial charge in [-0.05, 0) is 30.2 Å². The van der Waals surface area contributed by atoms with E-state index in [4.69, 9.17) is 27.9 Å². The van der Waals surface area contributed by atoms with Gasteiger partial charge < -0.3 is 4.74 Å². The van der Waals surface area contributed by atoms with Crippen LogP contribution in [0.3, 0.4) is 0 Å². The highest BCUT2D eigenvalue weighted by Gasteiger charge is 2.25. The van der Waals surface area contributed by atoms with E-state index in [1.165, 1.54) is 0 Å². The van der Waals surface area contributed by atoms with Crippen LogP contribution in [0.5, 0.6) is 0 Å². The van der Waals surface area contributed by atoms with E-state index in [0.29, 0.717) is 5.92 Å². The molecule has 1 nitrogen and oxygen atoms in total. The van der Waals surface area contributed by atoms with Gasteiger partial charge in [-0.1, -0.05) is 11.6 Å². The fourth-order valence-electron chi connectivity index (χ4n) is 1.72. The molecule has 2 heterocycles. The second kappa shape index (κ2) is 4.84. The maximum Gasteiger partial charge on any atom is 0.0723 e. The Morgan fingerprint density at radius 1 is 1.43 bits per heavy atom. The number of rotatable bonds is 2. The number of alkyl halides is 1. The van der Waals surface area contributed by atoms with Crippen LogP contribution in [-0.4, -0.2) is 13.2 Å². The molecule has 1 aromatic rings. The van der Waals surface area contributed by atoms with Gasteiger partial charge >= 0.3 is 0 Å². The van der Waals surface area contributed by atoms with E-state index < -0.39 is 0 Å². The lowest BCUT2D eigenvalue weighted by atomic mass is 9.95. The van der Waals surface area contributed by atoms with Crippen LogP contribution in [0.25, 0.3) is 0 Å². The minimum Gasteiger partial charge on any atom is -0.381 e. The zero-order valence-electron chi connectivity index (χ0n) is 7.71. The van der Waals surface area contributed by atoms with Crippen LogP contribution in [0.4, 0.5) is 0 Å². The van der Waals surface area contributed by atoms with Crippen LogP contribution >= 0.6 is 34.5 Å². The molecule has 1 atom stereocenters. The molecule has 0 aliphatic carbocycles. The largest absolute Gasteiger partial charge is 0.381 e. The maximum atomic E-state index is 6.40. The summed E-state index contributed by atoms with van der Waals surface area (Å²) in [6.45, 7) is 1.66. The van der Waals surface area contributed by atoms with Crippen LogP contribution in [0, 0.1) is 5.92 Å². The lowest BCUT2D eigenvalue weighted by Crippen LogP contribution is -2.19. The Morgan fingerprint density at radius 2 is 2.14 bits per heavy atom. The normalized spacial score (nSPS) is 21.0. The van der Waals surface area contributed by atoms with Gasteiger partial charge in [-0.2, -0.15) is 0 Å². The molecule has 0 spiro atoms. The Morgan fingerprint density at radius 3 is 2.71 bits per heavy atom.